The molecule has 3 rings (SSSR count). The van der Waals surface area contributed by atoms with E-state index in [0.717, 1.165) is 36.1 Å². The molecule has 4 nitrogen and oxygen atoms in total. The van der Waals surface area contributed by atoms with E-state index in [1.807, 2.05) is 18.2 Å². The molecule has 17 heavy (non-hydrogen) atoms. The minimum atomic E-state index is -0.339. The second-order valence-corrected chi connectivity index (χ2v) is 4.52. The van der Waals surface area contributed by atoms with Crippen LogP contribution in [0.1, 0.15) is 30.4 Å². The van der Waals surface area contributed by atoms with Crippen molar-refractivity contribution < 1.29 is 14.3 Å². The minimum Gasteiger partial charge on any atom is -0.467 e. The first kappa shape index (κ1) is 10.5. The molecular weight excluding hydrogens is 218 g/mol. The van der Waals surface area contributed by atoms with Gasteiger partial charge in [-0.1, -0.05) is 6.07 Å². The first-order valence-corrected chi connectivity index (χ1v) is 5.77. The summed E-state index contributed by atoms with van der Waals surface area (Å²) in [6.45, 7) is 0.869. The molecule has 1 fully saturated rings. The minimum absolute atomic E-state index is 0.310. The molecule has 0 aromatic heterocycles. The standard InChI is InChI=1S/C13H13NO3/c15-8-14-13(4-1-5-13)11-2-3-12-10(6-11)7-16-9-17-12/h2-3,6H,1,4-5,7,9H2. The molecule has 0 unspecified atom stereocenters. The maximum atomic E-state index is 10.5. The lowest BCUT2D eigenvalue weighted by Gasteiger charge is -2.37. The van der Waals surface area contributed by atoms with Gasteiger partial charge in [-0.2, -0.15) is 4.99 Å². The van der Waals surface area contributed by atoms with Crippen molar-refractivity contribution in [3.8, 4) is 5.75 Å². The van der Waals surface area contributed by atoms with Gasteiger partial charge >= 0.3 is 0 Å². The summed E-state index contributed by atoms with van der Waals surface area (Å²) in [4.78, 5) is 14.5. The summed E-state index contributed by atoms with van der Waals surface area (Å²) in [5.74, 6) is 0.865. The largest absolute Gasteiger partial charge is 0.467 e. The molecule has 1 aliphatic carbocycles. The van der Waals surface area contributed by atoms with E-state index >= 15 is 0 Å². The van der Waals surface area contributed by atoms with Crippen LogP contribution in [-0.4, -0.2) is 12.9 Å². The van der Waals surface area contributed by atoms with Crippen LogP contribution in [0.5, 0.6) is 5.75 Å². The summed E-state index contributed by atoms with van der Waals surface area (Å²) >= 11 is 0. The average Bonchev–Trinajstić information content (AvgIpc) is 2.33. The maximum absolute atomic E-state index is 10.5. The van der Waals surface area contributed by atoms with Crippen LogP contribution in [-0.2, 0) is 21.7 Å². The number of isocyanates is 1. The number of hydrogen-bond donors (Lipinski definition) is 0. The van der Waals surface area contributed by atoms with E-state index in [2.05, 4.69) is 4.99 Å². The van der Waals surface area contributed by atoms with E-state index in [-0.39, 0.29) is 5.54 Å². The summed E-state index contributed by atoms with van der Waals surface area (Å²) in [7, 11) is 0. The van der Waals surface area contributed by atoms with Crippen molar-refractivity contribution in [2.45, 2.75) is 31.4 Å². The molecule has 0 N–H and O–H groups in total. The fourth-order valence-electron chi connectivity index (χ4n) is 2.44. The highest BCUT2D eigenvalue weighted by molar-refractivity contribution is 5.44. The van der Waals surface area contributed by atoms with E-state index in [0.29, 0.717) is 13.4 Å². The van der Waals surface area contributed by atoms with E-state index < -0.39 is 0 Å². The van der Waals surface area contributed by atoms with E-state index in [4.69, 9.17) is 9.47 Å². The number of carbonyl (C=O) groups excluding carboxylic acids is 1. The van der Waals surface area contributed by atoms with Crippen molar-refractivity contribution in [1.29, 1.82) is 0 Å². The van der Waals surface area contributed by atoms with Crippen LogP contribution in [0.25, 0.3) is 0 Å². The average molecular weight is 231 g/mol. The van der Waals surface area contributed by atoms with Gasteiger partial charge in [-0.05, 0) is 37.0 Å². The molecule has 4 heteroatoms. The molecular formula is C13H13NO3. The molecule has 2 aliphatic rings. The maximum Gasteiger partial charge on any atom is 0.235 e. The van der Waals surface area contributed by atoms with Gasteiger partial charge in [0.1, 0.15) is 5.75 Å². The smallest absolute Gasteiger partial charge is 0.235 e. The van der Waals surface area contributed by atoms with E-state index in [1.165, 1.54) is 0 Å². The molecule has 0 bridgehead atoms. The van der Waals surface area contributed by atoms with Crippen LogP contribution < -0.4 is 4.74 Å². The number of rotatable bonds is 2. The molecule has 1 saturated carbocycles. The molecule has 0 radical (unpaired) electrons. The van der Waals surface area contributed by atoms with Gasteiger partial charge in [0.15, 0.2) is 6.79 Å². The Labute approximate surface area is 99.3 Å². The Kier molecular flexibility index (Phi) is 2.46. The van der Waals surface area contributed by atoms with Crippen molar-refractivity contribution >= 4 is 6.08 Å². The Morgan fingerprint density at radius 3 is 2.94 bits per heavy atom. The highest BCUT2D eigenvalue weighted by atomic mass is 16.7. The predicted octanol–water partition coefficient (Wildman–Crippen LogP) is 2.27. The molecule has 88 valence electrons. The topological polar surface area (TPSA) is 47.9 Å². The first-order valence-electron chi connectivity index (χ1n) is 5.77. The molecule has 1 aromatic carbocycles. The third-order valence-electron chi connectivity index (χ3n) is 3.59. The predicted molar refractivity (Wildman–Crippen MR) is 60.4 cm³/mol. The van der Waals surface area contributed by atoms with Crippen LogP contribution in [0.3, 0.4) is 0 Å². The quantitative estimate of drug-likeness (QED) is 0.579. The van der Waals surface area contributed by atoms with Crippen molar-refractivity contribution in [3.05, 3.63) is 29.3 Å². The Hall–Kier alpha value is -1.64. The zero-order chi connectivity index (χ0) is 11.7. The number of benzene rings is 1. The first-order chi connectivity index (χ1) is 8.34. The lowest BCUT2D eigenvalue weighted by Crippen LogP contribution is -2.32. The van der Waals surface area contributed by atoms with Gasteiger partial charge in [0, 0.05) is 5.56 Å². The summed E-state index contributed by atoms with van der Waals surface area (Å²) in [6.07, 6.45) is 4.65. The van der Waals surface area contributed by atoms with Gasteiger partial charge in [-0.15, -0.1) is 0 Å². The molecule has 0 atom stereocenters. The van der Waals surface area contributed by atoms with Crippen LogP contribution in [0.4, 0.5) is 0 Å². The van der Waals surface area contributed by atoms with Crippen LogP contribution in [0.2, 0.25) is 0 Å². The van der Waals surface area contributed by atoms with Gasteiger partial charge < -0.3 is 9.47 Å². The SMILES string of the molecule is O=C=NC1(c2ccc3c(c2)COCO3)CCC1. The molecule has 0 saturated heterocycles. The number of nitrogens with zero attached hydrogens (tertiary/aromatic N) is 1. The lowest BCUT2D eigenvalue weighted by molar-refractivity contribution is -0.0165. The molecule has 1 aromatic rings. The monoisotopic (exact) mass is 231 g/mol. The zero-order valence-electron chi connectivity index (χ0n) is 9.44. The van der Waals surface area contributed by atoms with E-state index in [9.17, 15) is 4.79 Å². The Bertz CT molecular complexity index is 487. The lowest BCUT2D eigenvalue weighted by atomic mass is 9.72. The van der Waals surface area contributed by atoms with Gasteiger partial charge in [-0.25, -0.2) is 4.79 Å². The number of ether oxygens (including phenoxy) is 2. The van der Waals surface area contributed by atoms with Crippen LogP contribution in [0, 0.1) is 0 Å². The molecule has 0 amide bonds. The third kappa shape index (κ3) is 1.66. The van der Waals surface area contributed by atoms with Crippen molar-refractivity contribution in [2.75, 3.05) is 6.79 Å². The summed E-state index contributed by atoms with van der Waals surface area (Å²) in [5, 5.41) is 0. The number of fused-ring (bicyclic) bond motifs is 1. The highest BCUT2D eigenvalue weighted by Crippen LogP contribution is 2.45. The van der Waals surface area contributed by atoms with Crippen LogP contribution >= 0.6 is 0 Å². The fourth-order valence-corrected chi connectivity index (χ4v) is 2.44. The summed E-state index contributed by atoms with van der Waals surface area (Å²) in [6, 6.07) is 5.96. The van der Waals surface area contributed by atoms with E-state index in [1.54, 1.807) is 6.08 Å². The Balaban J connectivity index is 2.00. The van der Waals surface area contributed by atoms with Gasteiger partial charge in [0.25, 0.3) is 0 Å². The van der Waals surface area contributed by atoms with Crippen molar-refractivity contribution in [3.63, 3.8) is 0 Å². The summed E-state index contributed by atoms with van der Waals surface area (Å²) in [5.41, 5.74) is 1.76. The second kappa shape index (κ2) is 3.99. The van der Waals surface area contributed by atoms with Crippen molar-refractivity contribution in [2.24, 2.45) is 4.99 Å². The normalized spacial score (nSPS) is 20.5. The number of hydrogen-bond acceptors (Lipinski definition) is 4. The van der Waals surface area contributed by atoms with Crippen molar-refractivity contribution in [1.82, 2.24) is 0 Å². The number of aliphatic imine (C=N–C) groups is 1. The molecule has 1 aliphatic heterocycles. The van der Waals surface area contributed by atoms with Gasteiger partial charge in [-0.3, -0.25) is 0 Å². The van der Waals surface area contributed by atoms with Gasteiger partial charge in [0.05, 0.1) is 12.1 Å². The third-order valence-corrected chi connectivity index (χ3v) is 3.59. The Morgan fingerprint density at radius 2 is 2.24 bits per heavy atom. The zero-order valence-corrected chi connectivity index (χ0v) is 9.44. The highest BCUT2D eigenvalue weighted by Gasteiger charge is 2.39. The molecule has 0 spiro atoms. The Morgan fingerprint density at radius 1 is 1.35 bits per heavy atom. The van der Waals surface area contributed by atoms with Crippen LogP contribution in [0.15, 0.2) is 23.2 Å². The van der Waals surface area contributed by atoms with Gasteiger partial charge in [0.2, 0.25) is 6.08 Å². The second-order valence-electron chi connectivity index (χ2n) is 4.52. The fraction of sp³-hybridized carbons (Fsp3) is 0.462. The summed E-state index contributed by atoms with van der Waals surface area (Å²) < 4.78 is 10.6. The molecule has 1 heterocycles.